The molecule has 1 fully saturated rings. The average molecular weight is 250 g/mol. The molecular formula is C13H22N4O. The van der Waals surface area contributed by atoms with E-state index in [-0.39, 0.29) is 12.1 Å². The maximum atomic E-state index is 5.90. The van der Waals surface area contributed by atoms with Crippen molar-refractivity contribution >= 4 is 5.82 Å². The summed E-state index contributed by atoms with van der Waals surface area (Å²) in [4.78, 5) is 10.9. The summed E-state index contributed by atoms with van der Waals surface area (Å²) in [5.74, 6) is 0.988. The second-order valence-corrected chi connectivity index (χ2v) is 4.83. The van der Waals surface area contributed by atoms with Crippen LogP contribution < -0.4 is 10.6 Å². The largest absolute Gasteiger partial charge is 0.373 e. The molecule has 2 unspecified atom stereocenters. The van der Waals surface area contributed by atoms with Gasteiger partial charge >= 0.3 is 0 Å². The lowest BCUT2D eigenvalue weighted by molar-refractivity contribution is 0.0273. The SMILES string of the molecule is CCCc1cc(N2CCOC(C(C)N)C2)ncn1. The van der Waals surface area contributed by atoms with E-state index >= 15 is 0 Å². The van der Waals surface area contributed by atoms with Crippen LogP contribution >= 0.6 is 0 Å². The first kappa shape index (κ1) is 13.2. The molecule has 0 aliphatic carbocycles. The van der Waals surface area contributed by atoms with Crippen LogP contribution in [0.2, 0.25) is 0 Å². The van der Waals surface area contributed by atoms with Gasteiger partial charge in [0.1, 0.15) is 12.1 Å². The normalized spacial score (nSPS) is 21.9. The quantitative estimate of drug-likeness (QED) is 0.863. The van der Waals surface area contributed by atoms with Gasteiger partial charge in [0, 0.05) is 30.9 Å². The van der Waals surface area contributed by atoms with Crippen LogP contribution in [0.15, 0.2) is 12.4 Å². The summed E-state index contributed by atoms with van der Waals surface area (Å²) in [7, 11) is 0. The smallest absolute Gasteiger partial charge is 0.132 e. The molecule has 2 rings (SSSR count). The van der Waals surface area contributed by atoms with Crippen molar-refractivity contribution in [3.63, 3.8) is 0 Å². The summed E-state index contributed by atoms with van der Waals surface area (Å²) in [5.41, 5.74) is 7.00. The van der Waals surface area contributed by atoms with Gasteiger partial charge < -0.3 is 15.4 Å². The van der Waals surface area contributed by atoms with Crippen LogP contribution in [0, 0.1) is 0 Å². The number of nitrogens with two attached hydrogens (primary N) is 1. The Kier molecular flexibility index (Phi) is 4.49. The molecule has 2 N–H and O–H groups in total. The highest BCUT2D eigenvalue weighted by Gasteiger charge is 2.24. The van der Waals surface area contributed by atoms with Crippen molar-refractivity contribution in [2.75, 3.05) is 24.6 Å². The van der Waals surface area contributed by atoms with Crippen molar-refractivity contribution in [3.05, 3.63) is 18.1 Å². The maximum Gasteiger partial charge on any atom is 0.132 e. The van der Waals surface area contributed by atoms with E-state index in [1.165, 1.54) is 0 Å². The molecule has 1 aromatic heterocycles. The van der Waals surface area contributed by atoms with Gasteiger partial charge in [-0.25, -0.2) is 9.97 Å². The summed E-state index contributed by atoms with van der Waals surface area (Å²) < 4.78 is 5.66. The van der Waals surface area contributed by atoms with Crippen molar-refractivity contribution < 1.29 is 4.74 Å². The van der Waals surface area contributed by atoms with Crippen molar-refractivity contribution in [1.29, 1.82) is 0 Å². The standard InChI is InChI=1S/C13H22N4O/c1-3-4-11-7-13(16-9-15-11)17-5-6-18-12(8-17)10(2)14/h7,9-10,12H,3-6,8,14H2,1-2H3. The Bertz CT molecular complexity index is 383. The summed E-state index contributed by atoms with van der Waals surface area (Å²) in [5, 5.41) is 0. The molecule has 0 amide bonds. The average Bonchev–Trinajstić information content (AvgIpc) is 2.39. The molecule has 100 valence electrons. The zero-order valence-electron chi connectivity index (χ0n) is 11.2. The molecule has 0 spiro atoms. The second-order valence-electron chi connectivity index (χ2n) is 4.83. The van der Waals surface area contributed by atoms with E-state index in [2.05, 4.69) is 27.9 Å². The van der Waals surface area contributed by atoms with Crippen LogP contribution in [0.1, 0.15) is 26.0 Å². The predicted molar refractivity (Wildman–Crippen MR) is 71.6 cm³/mol. The fourth-order valence-electron chi connectivity index (χ4n) is 2.15. The fraction of sp³-hybridized carbons (Fsp3) is 0.692. The van der Waals surface area contributed by atoms with Gasteiger partial charge in [-0.05, 0) is 13.3 Å². The van der Waals surface area contributed by atoms with Crippen molar-refractivity contribution in [3.8, 4) is 0 Å². The van der Waals surface area contributed by atoms with Gasteiger partial charge in [-0.2, -0.15) is 0 Å². The lowest BCUT2D eigenvalue weighted by atomic mass is 10.1. The Hall–Kier alpha value is -1.20. The number of nitrogens with zero attached hydrogens (tertiary/aromatic N) is 3. The zero-order valence-corrected chi connectivity index (χ0v) is 11.2. The van der Waals surface area contributed by atoms with Crippen LogP contribution in [0.3, 0.4) is 0 Å². The van der Waals surface area contributed by atoms with Crippen molar-refractivity contribution in [1.82, 2.24) is 9.97 Å². The van der Waals surface area contributed by atoms with E-state index in [0.29, 0.717) is 6.61 Å². The van der Waals surface area contributed by atoms with Crippen LogP contribution in [0.25, 0.3) is 0 Å². The molecule has 0 radical (unpaired) electrons. The molecule has 2 atom stereocenters. The highest BCUT2D eigenvalue weighted by molar-refractivity contribution is 5.39. The van der Waals surface area contributed by atoms with Crippen molar-refractivity contribution in [2.45, 2.75) is 38.8 Å². The Morgan fingerprint density at radius 3 is 3.11 bits per heavy atom. The van der Waals surface area contributed by atoms with Gasteiger partial charge in [0.15, 0.2) is 0 Å². The molecule has 0 saturated carbocycles. The molecular weight excluding hydrogens is 228 g/mol. The highest BCUT2D eigenvalue weighted by Crippen LogP contribution is 2.17. The Balaban J connectivity index is 2.08. The summed E-state index contributed by atoms with van der Waals surface area (Å²) >= 11 is 0. The molecule has 0 aromatic carbocycles. The first-order valence-corrected chi connectivity index (χ1v) is 6.63. The highest BCUT2D eigenvalue weighted by atomic mass is 16.5. The minimum absolute atomic E-state index is 0.0461. The van der Waals surface area contributed by atoms with Crippen LogP contribution in [0.4, 0.5) is 5.82 Å². The third kappa shape index (κ3) is 3.17. The molecule has 0 bridgehead atoms. The van der Waals surface area contributed by atoms with E-state index < -0.39 is 0 Å². The number of anilines is 1. The van der Waals surface area contributed by atoms with E-state index in [1.54, 1.807) is 6.33 Å². The lowest BCUT2D eigenvalue weighted by Crippen LogP contribution is -2.49. The maximum absolute atomic E-state index is 5.90. The van der Waals surface area contributed by atoms with Gasteiger partial charge in [-0.15, -0.1) is 0 Å². The molecule has 1 aromatic rings. The number of hydrogen-bond acceptors (Lipinski definition) is 5. The van der Waals surface area contributed by atoms with Crippen LogP contribution in [-0.2, 0) is 11.2 Å². The van der Waals surface area contributed by atoms with Crippen LogP contribution in [-0.4, -0.2) is 41.8 Å². The number of morpholine rings is 1. The van der Waals surface area contributed by atoms with E-state index in [4.69, 9.17) is 10.5 Å². The van der Waals surface area contributed by atoms with E-state index in [0.717, 1.165) is 37.4 Å². The number of aryl methyl sites for hydroxylation is 1. The fourth-order valence-corrected chi connectivity index (χ4v) is 2.15. The minimum Gasteiger partial charge on any atom is -0.373 e. The summed E-state index contributed by atoms with van der Waals surface area (Å²) in [6, 6.07) is 2.12. The molecule has 1 aliphatic rings. The van der Waals surface area contributed by atoms with Gasteiger partial charge in [0.05, 0.1) is 12.7 Å². The predicted octanol–water partition coefficient (Wildman–Crippen LogP) is 0.981. The van der Waals surface area contributed by atoms with E-state index in [1.807, 2.05) is 6.92 Å². The van der Waals surface area contributed by atoms with Gasteiger partial charge in [0.2, 0.25) is 0 Å². The van der Waals surface area contributed by atoms with Gasteiger partial charge in [0.25, 0.3) is 0 Å². The monoisotopic (exact) mass is 250 g/mol. The lowest BCUT2D eigenvalue weighted by Gasteiger charge is -2.35. The Labute approximate surface area is 108 Å². The molecule has 18 heavy (non-hydrogen) atoms. The number of ether oxygens (including phenoxy) is 1. The molecule has 5 nitrogen and oxygen atoms in total. The third-order valence-corrected chi connectivity index (χ3v) is 3.22. The van der Waals surface area contributed by atoms with Crippen LogP contribution in [0.5, 0.6) is 0 Å². The molecule has 1 aliphatic heterocycles. The Morgan fingerprint density at radius 2 is 2.39 bits per heavy atom. The Morgan fingerprint density at radius 1 is 1.56 bits per heavy atom. The minimum atomic E-state index is 0.0461. The first-order chi connectivity index (χ1) is 8.70. The first-order valence-electron chi connectivity index (χ1n) is 6.63. The molecule has 1 saturated heterocycles. The van der Waals surface area contributed by atoms with Gasteiger partial charge in [-0.1, -0.05) is 13.3 Å². The number of hydrogen-bond donors (Lipinski definition) is 1. The second kappa shape index (κ2) is 6.11. The zero-order chi connectivity index (χ0) is 13.0. The third-order valence-electron chi connectivity index (χ3n) is 3.22. The topological polar surface area (TPSA) is 64.3 Å². The molecule has 2 heterocycles. The van der Waals surface area contributed by atoms with E-state index in [9.17, 15) is 0 Å². The van der Waals surface area contributed by atoms with Gasteiger partial charge in [-0.3, -0.25) is 0 Å². The number of aromatic nitrogens is 2. The summed E-state index contributed by atoms with van der Waals surface area (Å²) in [6.07, 6.45) is 3.83. The number of rotatable bonds is 4. The molecule has 5 heteroatoms. The van der Waals surface area contributed by atoms with Crippen molar-refractivity contribution in [2.24, 2.45) is 5.73 Å². The summed E-state index contributed by atoms with van der Waals surface area (Å²) in [6.45, 7) is 6.52.